The van der Waals surface area contributed by atoms with Crippen molar-refractivity contribution in [3.63, 3.8) is 0 Å². The molecule has 5 nitrogen and oxygen atoms in total. The van der Waals surface area contributed by atoms with Gasteiger partial charge in [0, 0.05) is 32.9 Å². The topological polar surface area (TPSA) is 44.8 Å². The first-order valence-electron chi connectivity index (χ1n) is 8.43. The van der Waals surface area contributed by atoms with Crippen LogP contribution in [0.4, 0.5) is 10.1 Å². The highest BCUT2D eigenvalue weighted by molar-refractivity contribution is 5.78. The van der Waals surface area contributed by atoms with Crippen LogP contribution in [0.2, 0.25) is 0 Å². The number of nitrogens with one attached hydrogen (secondary N) is 1. The minimum absolute atomic E-state index is 0.0711. The van der Waals surface area contributed by atoms with Gasteiger partial charge in [0.25, 0.3) is 0 Å². The first kappa shape index (κ1) is 19.7. The first-order chi connectivity index (χ1) is 12.4. The number of hydrogen-bond acceptors (Lipinski definition) is 4. The minimum atomic E-state index is -0.399. The van der Waals surface area contributed by atoms with Crippen molar-refractivity contribution in [1.82, 2.24) is 10.2 Å². The average Bonchev–Trinajstić information content (AvgIpc) is 2.60. The second-order valence-electron chi connectivity index (χ2n) is 6.48. The number of halogens is 1. The van der Waals surface area contributed by atoms with E-state index in [1.54, 1.807) is 12.1 Å². The number of carbonyl (C=O) groups is 1. The molecule has 0 bridgehead atoms. The van der Waals surface area contributed by atoms with E-state index in [2.05, 4.69) is 5.32 Å². The molecule has 0 aromatic heterocycles. The van der Waals surface area contributed by atoms with Crippen LogP contribution in [0, 0.1) is 5.82 Å². The van der Waals surface area contributed by atoms with Crippen LogP contribution < -0.4 is 15.0 Å². The van der Waals surface area contributed by atoms with Crippen LogP contribution in [0.3, 0.4) is 0 Å². The lowest BCUT2D eigenvalue weighted by atomic mass is 10.2. The lowest BCUT2D eigenvalue weighted by molar-refractivity contribution is -0.122. The molecule has 0 saturated carbocycles. The predicted molar refractivity (Wildman–Crippen MR) is 102 cm³/mol. The molecule has 2 aromatic carbocycles. The number of ether oxygens (including phenoxy) is 1. The molecule has 6 heteroatoms. The number of nitrogens with zero attached hydrogens (tertiary/aromatic N) is 2. The maximum absolute atomic E-state index is 13.7. The molecule has 0 spiro atoms. The van der Waals surface area contributed by atoms with E-state index in [9.17, 15) is 9.18 Å². The van der Waals surface area contributed by atoms with E-state index in [-0.39, 0.29) is 18.2 Å². The van der Waals surface area contributed by atoms with Gasteiger partial charge in [-0.15, -0.1) is 0 Å². The number of anilines is 1. The van der Waals surface area contributed by atoms with E-state index in [0.717, 1.165) is 16.8 Å². The van der Waals surface area contributed by atoms with E-state index in [0.29, 0.717) is 13.1 Å². The molecule has 0 fully saturated rings. The third kappa shape index (κ3) is 5.74. The van der Waals surface area contributed by atoms with E-state index >= 15 is 0 Å². The Balaban J connectivity index is 1.80. The van der Waals surface area contributed by atoms with Crippen LogP contribution in [0.1, 0.15) is 11.1 Å². The molecule has 1 amide bonds. The van der Waals surface area contributed by atoms with E-state index in [1.807, 2.05) is 55.2 Å². The summed E-state index contributed by atoms with van der Waals surface area (Å²) in [5, 5.41) is 2.91. The van der Waals surface area contributed by atoms with Gasteiger partial charge >= 0.3 is 0 Å². The Morgan fingerprint density at radius 3 is 2.31 bits per heavy atom. The van der Waals surface area contributed by atoms with Crippen molar-refractivity contribution in [1.29, 1.82) is 0 Å². The number of benzene rings is 2. The normalized spacial score (nSPS) is 10.7. The third-order valence-electron chi connectivity index (χ3n) is 4.02. The summed E-state index contributed by atoms with van der Waals surface area (Å²) in [4.78, 5) is 16.0. The standard InChI is InChI=1S/C20H26FN3O2/c1-23(2)17-8-5-15(6-9-17)12-22-20(25)14-24(3)13-16-7-10-19(26-4)18(21)11-16/h5-11H,12-14H2,1-4H3,(H,22,25). The molecule has 0 aliphatic rings. The van der Waals surface area contributed by atoms with Gasteiger partial charge in [-0.05, 0) is 42.4 Å². The number of hydrogen-bond donors (Lipinski definition) is 1. The monoisotopic (exact) mass is 359 g/mol. The molecular weight excluding hydrogens is 333 g/mol. The van der Waals surface area contributed by atoms with Crippen LogP contribution in [-0.2, 0) is 17.9 Å². The van der Waals surface area contributed by atoms with Gasteiger partial charge in [0.1, 0.15) is 0 Å². The maximum Gasteiger partial charge on any atom is 0.234 e. The van der Waals surface area contributed by atoms with Crippen LogP contribution in [0.25, 0.3) is 0 Å². The highest BCUT2D eigenvalue weighted by Gasteiger charge is 2.09. The Kier molecular flexibility index (Phi) is 6.97. The van der Waals surface area contributed by atoms with Crippen molar-refractivity contribution >= 4 is 11.6 Å². The van der Waals surface area contributed by atoms with Crippen molar-refractivity contribution in [3.05, 3.63) is 59.4 Å². The van der Waals surface area contributed by atoms with Gasteiger partial charge in [-0.25, -0.2) is 4.39 Å². The number of amides is 1. The largest absolute Gasteiger partial charge is 0.494 e. The quantitative estimate of drug-likeness (QED) is 0.787. The van der Waals surface area contributed by atoms with Gasteiger partial charge in [-0.3, -0.25) is 9.69 Å². The molecule has 0 saturated heterocycles. The number of carbonyl (C=O) groups excluding carboxylic acids is 1. The zero-order chi connectivity index (χ0) is 19.1. The molecule has 0 unspecified atom stereocenters. The van der Waals surface area contributed by atoms with Gasteiger partial charge in [-0.1, -0.05) is 18.2 Å². The van der Waals surface area contributed by atoms with Gasteiger partial charge in [0.05, 0.1) is 13.7 Å². The van der Waals surface area contributed by atoms with Gasteiger partial charge in [0.2, 0.25) is 5.91 Å². The van der Waals surface area contributed by atoms with E-state index in [4.69, 9.17) is 4.74 Å². The molecule has 140 valence electrons. The Morgan fingerprint density at radius 2 is 1.73 bits per heavy atom. The summed E-state index contributed by atoms with van der Waals surface area (Å²) >= 11 is 0. The molecule has 0 atom stereocenters. The second kappa shape index (κ2) is 9.20. The molecule has 2 aromatic rings. The molecule has 1 N–H and O–H groups in total. The zero-order valence-electron chi connectivity index (χ0n) is 15.8. The van der Waals surface area contributed by atoms with Crippen LogP contribution in [0.15, 0.2) is 42.5 Å². The Hall–Kier alpha value is -2.60. The summed E-state index contributed by atoms with van der Waals surface area (Å²) in [6.07, 6.45) is 0. The number of rotatable bonds is 8. The molecule has 0 radical (unpaired) electrons. The van der Waals surface area contributed by atoms with Gasteiger partial charge in [-0.2, -0.15) is 0 Å². The second-order valence-corrected chi connectivity index (χ2v) is 6.48. The molecule has 0 heterocycles. The molecule has 2 rings (SSSR count). The fourth-order valence-corrected chi connectivity index (χ4v) is 2.59. The highest BCUT2D eigenvalue weighted by Crippen LogP contribution is 2.18. The minimum Gasteiger partial charge on any atom is -0.494 e. The van der Waals surface area contributed by atoms with Crippen LogP contribution in [-0.4, -0.2) is 45.6 Å². The third-order valence-corrected chi connectivity index (χ3v) is 4.02. The zero-order valence-corrected chi connectivity index (χ0v) is 15.8. The summed E-state index contributed by atoms with van der Waals surface area (Å²) in [6.45, 7) is 1.20. The molecule has 26 heavy (non-hydrogen) atoms. The SMILES string of the molecule is COc1ccc(CN(C)CC(=O)NCc2ccc(N(C)C)cc2)cc1F. The number of methoxy groups -OCH3 is 1. The molecular formula is C20H26FN3O2. The van der Waals surface area contributed by atoms with Crippen LogP contribution >= 0.6 is 0 Å². The van der Waals surface area contributed by atoms with E-state index < -0.39 is 5.82 Å². The summed E-state index contributed by atoms with van der Waals surface area (Å²) < 4.78 is 18.6. The Bertz CT molecular complexity index is 732. The van der Waals surface area contributed by atoms with Crippen molar-refractivity contribution in [2.24, 2.45) is 0 Å². The first-order valence-corrected chi connectivity index (χ1v) is 8.43. The van der Waals surface area contributed by atoms with Crippen molar-refractivity contribution < 1.29 is 13.9 Å². The Morgan fingerprint density at radius 1 is 1.08 bits per heavy atom. The smallest absolute Gasteiger partial charge is 0.234 e. The average molecular weight is 359 g/mol. The molecule has 0 aliphatic heterocycles. The fourth-order valence-electron chi connectivity index (χ4n) is 2.59. The maximum atomic E-state index is 13.7. The Labute approximate surface area is 154 Å². The number of likely N-dealkylation sites (N-methyl/N-ethyl adjacent to an activating group) is 1. The summed E-state index contributed by atoms with van der Waals surface area (Å²) in [7, 11) is 7.23. The van der Waals surface area contributed by atoms with Crippen molar-refractivity contribution in [2.45, 2.75) is 13.1 Å². The lowest BCUT2D eigenvalue weighted by Gasteiger charge is -2.17. The lowest BCUT2D eigenvalue weighted by Crippen LogP contribution is -2.34. The van der Waals surface area contributed by atoms with E-state index in [1.165, 1.54) is 13.2 Å². The summed E-state index contributed by atoms with van der Waals surface area (Å²) in [5.41, 5.74) is 2.95. The van der Waals surface area contributed by atoms with Crippen molar-refractivity contribution in [3.8, 4) is 5.75 Å². The predicted octanol–water partition coefficient (Wildman–Crippen LogP) is 2.65. The fraction of sp³-hybridized carbons (Fsp3) is 0.350. The van der Waals surface area contributed by atoms with Crippen LogP contribution in [0.5, 0.6) is 5.75 Å². The summed E-state index contributed by atoms with van der Waals surface area (Å²) in [6, 6.07) is 12.9. The molecule has 0 aliphatic carbocycles. The van der Waals surface area contributed by atoms with Gasteiger partial charge in [0.15, 0.2) is 11.6 Å². The summed E-state index contributed by atoms with van der Waals surface area (Å²) in [5.74, 6) is -0.253. The highest BCUT2D eigenvalue weighted by atomic mass is 19.1. The van der Waals surface area contributed by atoms with Crippen molar-refractivity contribution in [2.75, 3.05) is 39.7 Å². The van der Waals surface area contributed by atoms with Gasteiger partial charge < -0.3 is 15.0 Å².